The van der Waals surface area contributed by atoms with Gasteiger partial charge in [-0.2, -0.15) is 0 Å². The van der Waals surface area contributed by atoms with Crippen molar-refractivity contribution < 1.29 is 9.31 Å². The molecule has 0 unspecified atom stereocenters. The maximum absolute atomic E-state index is 13.4. The fourth-order valence-electron chi connectivity index (χ4n) is 1.56. The molecule has 4 nitrogen and oxygen atoms in total. The van der Waals surface area contributed by atoms with Gasteiger partial charge in [-0.25, -0.2) is 4.39 Å². The minimum absolute atomic E-state index is 0.195. The summed E-state index contributed by atoms with van der Waals surface area (Å²) in [5, 5.41) is 10.4. The molecule has 1 fully saturated rings. The average molecular weight is 210 g/mol. The molecule has 1 aromatic carbocycles. The van der Waals surface area contributed by atoms with Crippen molar-refractivity contribution in [3.63, 3.8) is 0 Å². The Kier molecular flexibility index (Phi) is 2.64. The fraction of sp³-hybridized carbons (Fsp3) is 0.400. The molecule has 0 bridgehead atoms. The lowest BCUT2D eigenvalue weighted by atomic mass is 10.1. The van der Waals surface area contributed by atoms with Gasteiger partial charge in [0.1, 0.15) is 5.82 Å². The van der Waals surface area contributed by atoms with E-state index in [2.05, 4.69) is 4.90 Å². The van der Waals surface area contributed by atoms with Gasteiger partial charge >= 0.3 is 0 Å². The summed E-state index contributed by atoms with van der Waals surface area (Å²) in [6.45, 7) is 2.51. The van der Waals surface area contributed by atoms with E-state index in [0.29, 0.717) is 12.1 Å². The number of likely N-dealkylation sites (tertiary alicyclic amines) is 1. The molecule has 1 aliphatic rings. The molecule has 0 radical (unpaired) electrons. The van der Waals surface area contributed by atoms with E-state index in [1.54, 1.807) is 0 Å². The number of hydrogen-bond acceptors (Lipinski definition) is 3. The van der Waals surface area contributed by atoms with Crippen LogP contribution in [0.5, 0.6) is 0 Å². The zero-order valence-electron chi connectivity index (χ0n) is 8.15. The first-order valence-corrected chi connectivity index (χ1v) is 4.82. The van der Waals surface area contributed by atoms with Gasteiger partial charge in [0.15, 0.2) is 0 Å². The summed E-state index contributed by atoms with van der Waals surface area (Å²) in [5.41, 5.74) is 0.333. The Bertz CT molecular complexity index is 391. The third-order valence-corrected chi connectivity index (χ3v) is 2.59. The lowest BCUT2D eigenvalue weighted by molar-refractivity contribution is -0.385. The minimum atomic E-state index is -0.587. The van der Waals surface area contributed by atoms with Crippen LogP contribution in [0, 0.1) is 15.9 Å². The Morgan fingerprint density at radius 1 is 1.47 bits per heavy atom. The van der Waals surface area contributed by atoms with Gasteiger partial charge in [-0.1, -0.05) is 0 Å². The Morgan fingerprint density at radius 2 is 2.20 bits per heavy atom. The molecule has 80 valence electrons. The number of hydrogen-bond donors (Lipinski definition) is 0. The molecule has 2 rings (SSSR count). The molecule has 5 heteroatoms. The van der Waals surface area contributed by atoms with E-state index in [4.69, 9.17) is 0 Å². The maximum Gasteiger partial charge on any atom is 0.272 e. The van der Waals surface area contributed by atoms with Crippen molar-refractivity contribution in [3.05, 3.63) is 39.7 Å². The first-order valence-electron chi connectivity index (χ1n) is 4.82. The number of non-ortho nitro benzene ring substituents is 1. The normalized spacial score (nSPS) is 16.1. The predicted molar refractivity (Wildman–Crippen MR) is 52.9 cm³/mol. The van der Waals surface area contributed by atoms with Crippen molar-refractivity contribution in [2.24, 2.45) is 0 Å². The predicted octanol–water partition coefficient (Wildman–Crippen LogP) is 1.94. The van der Waals surface area contributed by atoms with Crippen LogP contribution >= 0.6 is 0 Å². The van der Waals surface area contributed by atoms with E-state index < -0.39 is 10.7 Å². The first kappa shape index (κ1) is 10.0. The van der Waals surface area contributed by atoms with Gasteiger partial charge in [-0.3, -0.25) is 15.0 Å². The highest BCUT2D eigenvalue weighted by Gasteiger charge is 2.17. The van der Waals surface area contributed by atoms with Crippen LogP contribution < -0.4 is 0 Å². The number of halogens is 1. The van der Waals surface area contributed by atoms with Gasteiger partial charge in [-0.05, 0) is 25.6 Å². The highest BCUT2D eigenvalue weighted by atomic mass is 19.1. The van der Waals surface area contributed by atoms with Crippen LogP contribution in [0.1, 0.15) is 12.0 Å². The topological polar surface area (TPSA) is 46.4 Å². The Hall–Kier alpha value is -1.49. The summed E-state index contributed by atoms with van der Waals surface area (Å²) in [4.78, 5) is 11.9. The zero-order valence-corrected chi connectivity index (χ0v) is 8.15. The Labute approximate surface area is 86.5 Å². The molecular weight excluding hydrogens is 199 g/mol. The third kappa shape index (κ3) is 2.12. The Balaban J connectivity index is 2.14. The highest BCUT2D eigenvalue weighted by molar-refractivity contribution is 5.34. The second-order valence-corrected chi connectivity index (χ2v) is 3.66. The van der Waals surface area contributed by atoms with Crippen molar-refractivity contribution in [3.8, 4) is 0 Å². The number of nitrogens with zero attached hydrogens (tertiary/aromatic N) is 2. The van der Waals surface area contributed by atoms with E-state index in [1.165, 1.54) is 12.1 Å². The van der Waals surface area contributed by atoms with Crippen LogP contribution in [-0.2, 0) is 6.54 Å². The molecule has 1 aliphatic heterocycles. The molecule has 0 N–H and O–H groups in total. The molecule has 0 amide bonds. The van der Waals surface area contributed by atoms with Crippen LogP contribution in [-0.4, -0.2) is 22.9 Å². The van der Waals surface area contributed by atoms with Gasteiger partial charge in [-0.15, -0.1) is 0 Å². The largest absolute Gasteiger partial charge is 0.299 e. The Morgan fingerprint density at radius 3 is 2.67 bits per heavy atom. The van der Waals surface area contributed by atoms with Crippen LogP contribution in [0.2, 0.25) is 0 Å². The lowest BCUT2D eigenvalue weighted by Crippen LogP contribution is -2.36. The van der Waals surface area contributed by atoms with Gasteiger partial charge in [0.05, 0.1) is 11.0 Å². The quantitative estimate of drug-likeness (QED) is 0.565. The van der Waals surface area contributed by atoms with Crippen molar-refractivity contribution >= 4 is 5.69 Å². The average Bonchev–Trinajstić information content (AvgIpc) is 2.12. The molecule has 0 spiro atoms. The number of benzene rings is 1. The van der Waals surface area contributed by atoms with Gasteiger partial charge in [0, 0.05) is 18.2 Å². The van der Waals surface area contributed by atoms with Crippen molar-refractivity contribution in [2.45, 2.75) is 13.0 Å². The summed E-state index contributed by atoms with van der Waals surface area (Å²) in [6, 6.07) is 3.82. The third-order valence-electron chi connectivity index (χ3n) is 2.59. The second kappa shape index (κ2) is 3.94. The number of rotatable bonds is 3. The first-order chi connectivity index (χ1) is 7.16. The molecule has 0 aromatic heterocycles. The molecule has 15 heavy (non-hydrogen) atoms. The van der Waals surface area contributed by atoms with E-state index in [0.717, 1.165) is 25.6 Å². The van der Waals surface area contributed by atoms with Crippen LogP contribution in [0.25, 0.3) is 0 Å². The minimum Gasteiger partial charge on any atom is -0.299 e. The number of nitro benzene ring substituents is 1. The van der Waals surface area contributed by atoms with Crippen LogP contribution in [0.3, 0.4) is 0 Å². The van der Waals surface area contributed by atoms with Crippen molar-refractivity contribution in [2.75, 3.05) is 13.1 Å². The fourth-order valence-corrected chi connectivity index (χ4v) is 1.56. The molecule has 1 aromatic rings. The highest BCUT2D eigenvalue weighted by Crippen LogP contribution is 2.19. The van der Waals surface area contributed by atoms with Gasteiger partial charge < -0.3 is 0 Å². The standard InChI is InChI=1S/C10H11FN2O2/c11-10-6-9(13(14)15)3-2-8(10)7-12-4-1-5-12/h2-3,6H,1,4-5,7H2. The molecule has 0 atom stereocenters. The molecular formula is C10H11FN2O2. The lowest BCUT2D eigenvalue weighted by Gasteiger charge is -2.30. The van der Waals surface area contributed by atoms with E-state index >= 15 is 0 Å². The SMILES string of the molecule is O=[N+]([O-])c1ccc(CN2CCC2)c(F)c1. The van der Waals surface area contributed by atoms with Crippen LogP contribution in [0.15, 0.2) is 18.2 Å². The molecule has 1 heterocycles. The van der Waals surface area contributed by atoms with E-state index in [1.807, 2.05) is 0 Å². The van der Waals surface area contributed by atoms with Crippen LogP contribution in [0.4, 0.5) is 10.1 Å². The van der Waals surface area contributed by atoms with E-state index in [-0.39, 0.29) is 5.69 Å². The van der Waals surface area contributed by atoms with Crippen molar-refractivity contribution in [1.82, 2.24) is 4.90 Å². The van der Waals surface area contributed by atoms with E-state index in [9.17, 15) is 14.5 Å². The second-order valence-electron chi connectivity index (χ2n) is 3.66. The molecule has 1 saturated heterocycles. The number of nitro groups is 1. The summed E-state index contributed by atoms with van der Waals surface area (Å²) in [6.07, 6.45) is 1.15. The summed E-state index contributed by atoms with van der Waals surface area (Å²) in [7, 11) is 0. The molecule has 0 saturated carbocycles. The molecule has 0 aliphatic carbocycles. The van der Waals surface area contributed by atoms with Crippen molar-refractivity contribution in [1.29, 1.82) is 0 Å². The summed E-state index contributed by atoms with van der Waals surface area (Å²) in [5.74, 6) is -0.490. The van der Waals surface area contributed by atoms with Gasteiger partial charge in [0.25, 0.3) is 5.69 Å². The zero-order chi connectivity index (χ0) is 10.8. The maximum atomic E-state index is 13.4. The monoisotopic (exact) mass is 210 g/mol. The summed E-state index contributed by atoms with van der Waals surface area (Å²) < 4.78 is 13.4. The van der Waals surface area contributed by atoms with Gasteiger partial charge in [0.2, 0.25) is 0 Å². The summed E-state index contributed by atoms with van der Waals surface area (Å²) >= 11 is 0. The smallest absolute Gasteiger partial charge is 0.272 e.